The highest BCUT2D eigenvalue weighted by molar-refractivity contribution is 7.09. The van der Waals surface area contributed by atoms with Crippen molar-refractivity contribution in [2.24, 2.45) is 0 Å². The molecule has 0 amide bonds. The summed E-state index contributed by atoms with van der Waals surface area (Å²) in [4.78, 5) is 4.58. The first-order chi connectivity index (χ1) is 6.79. The Morgan fingerprint density at radius 1 is 1.36 bits per heavy atom. The second-order valence-corrected chi connectivity index (χ2v) is 5.19. The molecule has 1 aromatic rings. The molecule has 1 N–H and O–H groups in total. The Bertz CT molecular complexity index is 287. The lowest BCUT2D eigenvalue weighted by Crippen LogP contribution is -2.29. The molecule has 0 radical (unpaired) electrons. The maximum absolute atomic E-state index is 4.58. The van der Waals surface area contributed by atoms with Crippen molar-refractivity contribution in [2.75, 3.05) is 7.05 Å². The van der Waals surface area contributed by atoms with Crippen LogP contribution in [-0.4, -0.2) is 18.1 Å². The van der Waals surface area contributed by atoms with E-state index in [0.717, 1.165) is 12.0 Å². The second kappa shape index (κ2) is 4.41. The van der Waals surface area contributed by atoms with Gasteiger partial charge in [0.2, 0.25) is 0 Å². The third-order valence-corrected chi connectivity index (χ3v) is 3.98. The number of nitrogens with one attached hydrogen (secondary N) is 1. The Hall–Kier alpha value is -0.410. The first-order valence-electron chi connectivity index (χ1n) is 5.39. The average molecular weight is 210 g/mol. The molecule has 3 heteroatoms. The SMILES string of the molecule is CNC1CCC(c2csc(C)n2)CC1. The topological polar surface area (TPSA) is 24.9 Å². The van der Waals surface area contributed by atoms with E-state index in [0.29, 0.717) is 0 Å². The van der Waals surface area contributed by atoms with Crippen molar-refractivity contribution in [1.29, 1.82) is 0 Å². The fourth-order valence-electron chi connectivity index (χ4n) is 2.25. The molecule has 78 valence electrons. The first kappa shape index (κ1) is 10.1. The number of rotatable bonds is 2. The number of aromatic nitrogens is 1. The Balaban J connectivity index is 1.95. The van der Waals surface area contributed by atoms with Crippen molar-refractivity contribution >= 4 is 11.3 Å². The number of aryl methyl sites for hydroxylation is 1. The molecule has 0 saturated heterocycles. The number of thiazole rings is 1. The number of hydrogen-bond acceptors (Lipinski definition) is 3. The van der Waals surface area contributed by atoms with Crippen LogP contribution in [-0.2, 0) is 0 Å². The van der Waals surface area contributed by atoms with Gasteiger partial charge in [-0.15, -0.1) is 11.3 Å². The van der Waals surface area contributed by atoms with Gasteiger partial charge in [0.15, 0.2) is 0 Å². The van der Waals surface area contributed by atoms with Crippen LogP contribution in [0.5, 0.6) is 0 Å². The van der Waals surface area contributed by atoms with Crippen molar-refractivity contribution in [3.8, 4) is 0 Å². The van der Waals surface area contributed by atoms with E-state index >= 15 is 0 Å². The van der Waals surface area contributed by atoms with Gasteiger partial charge in [-0.25, -0.2) is 4.98 Å². The zero-order chi connectivity index (χ0) is 9.97. The van der Waals surface area contributed by atoms with Crippen LogP contribution in [0.4, 0.5) is 0 Å². The van der Waals surface area contributed by atoms with Gasteiger partial charge in [-0.1, -0.05) is 0 Å². The van der Waals surface area contributed by atoms with Gasteiger partial charge in [-0.05, 0) is 39.7 Å². The summed E-state index contributed by atoms with van der Waals surface area (Å²) < 4.78 is 0. The highest BCUT2D eigenvalue weighted by Crippen LogP contribution is 2.32. The second-order valence-electron chi connectivity index (χ2n) is 4.13. The summed E-state index contributed by atoms with van der Waals surface area (Å²) in [6, 6.07) is 0.742. The molecule has 0 bridgehead atoms. The monoisotopic (exact) mass is 210 g/mol. The van der Waals surface area contributed by atoms with Crippen molar-refractivity contribution < 1.29 is 0 Å². The van der Waals surface area contributed by atoms with E-state index in [9.17, 15) is 0 Å². The van der Waals surface area contributed by atoms with Crippen LogP contribution >= 0.6 is 11.3 Å². The van der Waals surface area contributed by atoms with Crippen molar-refractivity contribution in [2.45, 2.75) is 44.6 Å². The van der Waals surface area contributed by atoms with Crippen LogP contribution in [0, 0.1) is 6.92 Å². The quantitative estimate of drug-likeness (QED) is 0.812. The predicted octanol–water partition coefficient (Wildman–Crippen LogP) is 2.70. The summed E-state index contributed by atoms with van der Waals surface area (Å²) in [6.07, 6.45) is 5.21. The molecular weight excluding hydrogens is 192 g/mol. The van der Waals surface area contributed by atoms with Crippen LogP contribution in [0.25, 0.3) is 0 Å². The van der Waals surface area contributed by atoms with Gasteiger partial charge in [-0.2, -0.15) is 0 Å². The fraction of sp³-hybridized carbons (Fsp3) is 0.727. The molecule has 0 atom stereocenters. The van der Waals surface area contributed by atoms with Gasteiger partial charge in [0.1, 0.15) is 0 Å². The van der Waals surface area contributed by atoms with Gasteiger partial charge in [0, 0.05) is 17.3 Å². The molecule has 1 saturated carbocycles. The van der Waals surface area contributed by atoms with Gasteiger partial charge >= 0.3 is 0 Å². The van der Waals surface area contributed by atoms with Crippen LogP contribution in [0.15, 0.2) is 5.38 Å². The van der Waals surface area contributed by atoms with Crippen LogP contribution in [0.1, 0.15) is 42.3 Å². The molecule has 0 spiro atoms. The highest BCUT2D eigenvalue weighted by atomic mass is 32.1. The summed E-state index contributed by atoms with van der Waals surface area (Å²) in [5.41, 5.74) is 1.34. The summed E-state index contributed by atoms with van der Waals surface area (Å²) in [7, 11) is 2.07. The number of nitrogens with zero attached hydrogens (tertiary/aromatic N) is 1. The molecule has 1 aliphatic rings. The lowest BCUT2D eigenvalue weighted by Gasteiger charge is -2.27. The van der Waals surface area contributed by atoms with Crippen molar-refractivity contribution in [3.05, 3.63) is 16.1 Å². The molecule has 0 unspecified atom stereocenters. The third kappa shape index (κ3) is 2.15. The van der Waals surface area contributed by atoms with Crippen LogP contribution in [0.3, 0.4) is 0 Å². The predicted molar refractivity (Wildman–Crippen MR) is 60.9 cm³/mol. The van der Waals surface area contributed by atoms with E-state index in [4.69, 9.17) is 0 Å². The number of hydrogen-bond donors (Lipinski definition) is 1. The van der Waals surface area contributed by atoms with Crippen LogP contribution < -0.4 is 5.32 Å². The van der Waals surface area contributed by atoms with Crippen molar-refractivity contribution in [1.82, 2.24) is 10.3 Å². The Morgan fingerprint density at radius 3 is 2.57 bits per heavy atom. The van der Waals surface area contributed by atoms with Crippen LogP contribution in [0.2, 0.25) is 0 Å². The maximum Gasteiger partial charge on any atom is 0.0897 e. The minimum absolute atomic E-state index is 0.726. The zero-order valence-electron chi connectivity index (χ0n) is 8.92. The minimum Gasteiger partial charge on any atom is -0.317 e. The lowest BCUT2D eigenvalue weighted by atomic mass is 9.84. The Kier molecular flexibility index (Phi) is 3.19. The normalized spacial score (nSPS) is 27.9. The van der Waals surface area contributed by atoms with Gasteiger partial charge in [-0.3, -0.25) is 0 Å². The molecule has 14 heavy (non-hydrogen) atoms. The largest absolute Gasteiger partial charge is 0.317 e. The molecular formula is C11H18N2S. The standard InChI is InChI=1S/C11H18N2S/c1-8-13-11(7-14-8)9-3-5-10(12-2)6-4-9/h7,9-10,12H,3-6H2,1-2H3. The molecule has 0 aliphatic heterocycles. The molecule has 1 fully saturated rings. The smallest absolute Gasteiger partial charge is 0.0897 e. The molecule has 1 heterocycles. The molecule has 2 nitrogen and oxygen atoms in total. The van der Waals surface area contributed by atoms with E-state index in [1.165, 1.54) is 36.4 Å². The summed E-state index contributed by atoms with van der Waals surface area (Å²) in [6.45, 7) is 2.09. The van der Waals surface area contributed by atoms with E-state index in [2.05, 4.69) is 29.7 Å². The molecule has 0 aromatic carbocycles. The summed E-state index contributed by atoms with van der Waals surface area (Å²) in [5, 5.41) is 6.80. The summed E-state index contributed by atoms with van der Waals surface area (Å²) >= 11 is 1.78. The van der Waals surface area contributed by atoms with E-state index in [1.54, 1.807) is 11.3 Å². The third-order valence-electron chi connectivity index (χ3n) is 3.19. The van der Waals surface area contributed by atoms with Gasteiger partial charge < -0.3 is 5.32 Å². The van der Waals surface area contributed by atoms with Crippen molar-refractivity contribution in [3.63, 3.8) is 0 Å². The molecule has 2 rings (SSSR count). The van der Waals surface area contributed by atoms with Gasteiger partial charge in [0.05, 0.1) is 10.7 Å². The minimum atomic E-state index is 0.726. The zero-order valence-corrected chi connectivity index (χ0v) is 9.73. The van der Waals surface area contributed by atoms with Gasteiger partial charge in [0.25, 0.3) is 0 Å². The first-order valence-corrected chi connectivity index (χ1v) is 6.27. The lowest BCUT2D eigenvalue weighted by molar-refractivity contribution is 0.355. The molecule has 1 aliphatic carbocycles. The maximum atomic E-state index is 4.58. The van der Waals surface area contributed by atoms with E-state index in [1.807, 2.05) is 0 Å². The Morgan fingerprint density at radius 2 is 2.07 bits per heavy atom. The summed E-state index contributed by atoms with van der Waals surface area (Å²) in [5.74, 6) is 0.726. The molecule has 1 aromatic heterocycles. The fourth-order valence-corrected chi connectivity index (χ4v) is 2.94. The van der Waals surface area contributed by atoms with E-state index in [-0.39, 0.29) is 0 Å². The average Bonchev–Trinajstić information content (AvgIpc) is 2.65. The highest BCUT2D eigenvalue weighted by Gasteiger charge is 2.22. The van der Waals surface area contributed by atoms with E-state index < -0.39 is 0 Å². The Labute approximate surface area is 89.8 Å².